The predicted molar refractivity (Wildman–Crippen MR) is 207 cm³/mol. The van der Waals surface area contributed by atoms with Gasteiger partial charge in [0.05, 0.1) is 22.3 Å². The van der Waals surface area contributed by atoms with Crippen molar-refractivity contribution >= 4 is 44.9 Å². The number of hydrogen-bond donors (Lipinski definition) is 3. The van der Waals surface area contributed by atoms with Gasteiger partial charge in [0.1, 0.15) is 35.5 Å². The number of benzene rings is 1. The van der Waals surface area contributed by atoms with Crippen molar-refractivity contribution in [2.24, 2.45) is 11.8 Å². The van der Waals surface area contributed by atoms with Gasteiger partial charge in [-0.25, -0.2) is 23.2 Å². The number of nitrogens with zero attached hydrogens (tertiary/aromatic N) is 3. The number of aromatic nitrogens is 2. The highest BCUT2D eigenvalue weighted by molar-refractivity contribution is 7.91. The highest BCUT2D eigenvalue weighted by Crippen LogP contribution is 2.47. The molecule has 3 saturated carbocycles. The molecule has 1 aromatic heterocycles. The Hall–Kier alpha value is -4.27. The molecular weight excluding hydrogens is 737 g/mol. The summed E-state index contributed by atoms with van der Waals surface area (Å²) in [6.45, 7) is 1.63. The molecule has 14 nitrogen and oxygen atoms in total. The number of hydrogen-bond acceptors (Lipinski definition) is 10. The smallest absolute Gasteiger partial charge is 0.408 e. The standard InChI is InChI=1S/C41H54N6O8S/c1-40(21-22-40)56(52,53)46-38(50)41-24-27(41)15-7-3-2-4-8-19-32-37(49)47-25-28(23-33(47)35(48)45-41)54-36-31(42-29-16-10-11-17-30(29)43-36)18-9-5-6-13-26-14-12-20-34(26)55-39(51)44-32/h7,10-11,15-17,26-28,32-34H,2-6,8-9,12-14,18-25H2,1H3,(H,44,51)(H,45,48)(H,46,50)/b15-7-/t26-,27-,28-,32+,33+,34-,41-/m1/s1. The van der Waals surface area contributed by atoms with Gasteiger partial charge in [-0.2, -0.15) is 0 Å². The second kappa shape index (κ2) is 15.6. The lowest BCUT2D eigenvalue weighted by Crippen LogP contribution is -2.58. The Labute approximate surface area is 328 Å². The Bertz CT molecular complexity index is 2000. The van der Waals surface area contributed by atoms with Crippen molar-refractivity contribution in [3.8, 4) is 5.88 Å². The van der Waals surface area contributed by atoms with Crippen LogP contribution in [0.3, 0.4) is 0 Å². The second-order valence-electron chi connectivity index (χ2n) is 17.1. The van der Waals surface area contributed by atoms with Gasteiger partial charge >= 0.3 is 6.09 Å². The molecule has 8 rings (SSSR count). The van der Waals surface area contributed by atoms with Gasteiger partial charge in [-0.15, -0.1) is 0 Å². The van der Waals surface area contributed by atoms with E-state index in [2.05, 4.69) is 15.4 Å². The van der Waals surface area contributed by atoms with Gasteiger partial charge < -0.3 is 25.0 Å². The molecule has 4 amide bonds. The lowest BCUT2D eigenvalue weighted by Gasteiger charge is -2.30. The molecule has 1 aromatic carbocycles. The fourth-order valence-corrected chi connectivity index (χ4v) is 10.4. The van der Waals surface area contributed by atoms with Crippen LogP contribution in [-0.4, -0.2) is 88.2 Å². The van der Waals surface area contributed by atoms with E-state index in [9.17, 15) is 27.6 Å². The number of amides is 4. The zero-order valence-electron chi connectivity index (χ0n) is 32.2. The maximum absolute atomic E-state index is 14.7. The Kier molecular flexibility index (Phi) is 10.7. The summed E-state index contributed by atoms with van der Waals surface area (Å²) in [5.41, 5.74) is 0.638. The number of aryl methyl sites for hydroxylation is 1. The van der Waals surface area contributed by atoms with Crippen molar-refractivity contribution in [1.82, 2.24) is 30.2 Å². The van der Waals surface area contributed by atoms with Crippen LogP contribution in [0, 0.1) is 11.8 Å². The molecule has 3 bridgehead atoms. The molecular formula is C41H54N6O8S. The van der Waals surface area contributed by atoms with Gasteiger partial charge in [-0.3, -0.25) is 19.1 Å². The van der Waals surface area contributed by atoms with E-state index in [-0.39, 0.29) is 31.4 Å². The predicted octanol–water partition coefficient (Wildman–Crippen LogP) is 4.75. The number of carbonyl (C=O) groups is 4. The minimum Gasteiger partial charge on any atom is -0.471 e. The molecule has 6 aliphatic rings. The van der Waals surface area contributed by atoms with Gasteiger partial charge in [-0.1, -0.05) is 50.0 Å². The summed E-state index contributed by atoms with van der Waals surface area (Å²) in [5, 5.41) is 5.82. The molecule has 56 heavy (non-hydrogen) atoms. The van der Waals surface area contributed by atoms with Crippen LogP contribution in [0.2, 0.25) is 0 Å². The third-order valence-corrected chi connectivity index (χ3v) is 15.1. The van der Waals surface area contributed by atoms with Crippen molar-refractivity contribution in [3.05, 3.63) is 42.1 Å². The molecule has 3 aliphatic heterocycles. The summed E-state index contributed by atoms with van der Waals surface area (Å²) in [5.74, 6) is -1.61. The fourth-order valence-electron chi connectivity index (χ4n) is 9.06. The van der Waals surface area contributed by atoms with Crippen LogP contribution < -0.4 is 20.1 Å². The molecule has 1 saturated heterocycles. The van der Waals surface area contributed by atoms with E-state index < -0.39 is 68.2 Å². The lowest BCUT2D eigenvalue weighted by atomic mass is 9.97. The molecule has 4 heterocycles. The Balaban J connectivity index is 1.13. The molecule has 0 radical (unpaired) electrons. The van der Waals surface area contributed by atoms with Crippen molar-refractivity contribution in [3.63, 3.8) is 0 Å². The average Bonchev–Trinajstić information content (AvgIpc) is 3.97. The quantitative estimate of drug-likeness (QED) is 0.367. The van der Waals surface area contributed by atoms with Crippen molar-refractivity contribution in [2.45, 2.75) is 151 Å². The monoisotopic (exact) mass is 790 g/mol. The average molecular weight is 791 g/mol. The number of carbonyl (C=O) groups excluding carboxylic acids is 4. The van der Waals surface area contributed by atoms with Crippen LogP contribution in [0.4, 0.5) is 4.79 Å². The van der Waals surface area contributed by atoms with E-state index >= 15 is 0 Å². The molecule has 7 atom stereocenters. The Morgan fingerprint density at radius 2 is 1.68 bits per heavy atom. The minimum atomic E-state index is -3.98. The first-order valence-corrected chi connectivity index (χ1v) is 22.2. The maximum Gasteiger partial charge on any atom is 0.408 e. The van der Waals surface area contributed by atoms with Crippen LogP contribution in [0.25, 0.3) is 11.0 Å². The molecule has 0 unspecified atom stereocenters. The zero-order chi connectivity index (χ0) is 39.1. The van der Waals surface area contributed by atoms with Gasteiger partial charge in [0.25, 0.3) is 5.91 Å². The van der Waals surface area contributed by atoms with E-state index in [0.717, 1.165) is 63.3 Å². The number of rotatable bonds is 3. The van der Waals surface area contributed by atoms with Crippen LogP contribution >= 0.6 is 0 Å². The number of alkyl carbamates (subject to hydrolysis) is 1. The number of nitrogens with one attached hydrogen (secondary N) is 3. The normalized spacial score (nSPS) is 33.0. The van der Waals surface area contributed by atoms with Crippen LogP contribution in [0.15, 0.2) is 36.4 Å². The summed E-state index contributed by atoms with van der Waals surface area (Å²) >= 11 is 0. The first kappa shape index (κ1) is 38.6. The van der Waals surface area contributed by atoms with E-state index in [4.69, 9.17) is 19.4 Å². The number of sulfonamides is 1. The minimum absolute atomic E-state index is 0.0258. The first-order chi connectivity index (χ1) is 26.9. The van der Waals surface area contributed by atoms with Crippen LogP contribution in [-0.2, 0) is 35.6 Å². The molecule has 302 valence electrons. The summed E-state index contributed by atoms with van der Waals surface area (Å²) in [6, 6.07) is 5.56. The Morgan fingerprint density at radius 1 is 0.929 bits per heavy atom. The number of ether oxygens (including phenoxy) is 2. The molecule has 4 fully saturated rings. The third kappa shape index (κ3) is 7.97. The van der Waals surface area contributed by atoms with E-state index in [1.165, 1.54) is 4.90 Å². The van der Waals surface area contributed by atoms with Crippen molar-refractivity contribution in [1.29, 1.82) is 0 Å². The van der Waals surface area contributed by atoms with Gasteiger partial charge in [0.15, 0.2) is 0 Å². The SMILES string of the molecule is CC1(S(=O)(=O)NC(=O)[C@@]23C[C@H]2/C=C\CCCCC[C@@H]2NC(=O)O[C@@H]4CCC[C@H]4CCCCCc4nc5ccccc5nc4O[C@@H]4C[C@@H](C(=O)N3)N(C4)C2=O)CC1. The molecule has 3 aliphatic carbocycles. The topological polar surface area (TPSA) is 186 Å². The van der Waals surface area contributed by atoms with Crippen LogP contribution in [0.1, 0.15) is 115 Å². The zero-order valence-corrected chi connectivity index (χ0v) is 33.0. The summed E-state index contributed by atoms with van der Waals surface area (Å²) in [7, 11) is -3.98. The highest BCUT2D eigenvalue weighted by Gasteiger charge is 2.63. The first-order valence-electron chi connectivity index (χ1n) is 20.7. The van der Waals surface area contributed by atoms with Crippen LogP contribution in [0.5, 0.6) is 5.88 Å². The summed E-state index contributed by atoms with van der Waals surface area (Å²) < 4.78 is 40.3. The fraction of sp³-hybridized carbons (Fsp3) is 0.659. The van der Waals surface area contributed by atoms with Gasteiger partial charge in [0, 0.05) is 12.3 Å². The highest BCUT2D eigenvalue weighted by atomic mass is 32.2. The molecule has 0 spiro atoms. The van der Waals surface area contributed by atoms with E-state index in [1.807, 2.05) is 36.4 Å². The molecule has 3 N–H and O–H groups in total. The third-order valence-electron chi connectivity index (χ3n) is 13.0. The lowest BCUT2D eigenvalue weighted by molar-refractivity contribution is -0.141. The van der Waals surface area contributed by atoms with Crippen molar-refractivity contribution in [2.75, 3.05) is 6.54 Å². The number of allylic oxidation sites excluding steroid dienone is 1. The number of fused-ring (bicyclic) bond motifs is 6. The van der Waals surface area contributed by atoms with Crippen molar-refractivity contribution < 1.29 is 37.1 Å². The van der Waals surface area contributed by atoms with E-state index in [0.29, 0.717) is 55.6 Å². The number of para-hydroxylation sites is 2. The largest absolute Gasteiger partial charge is 0.471 e. The summed E-state index contributed by atoms with van der Waals surface area (Å²) in [4.78, 5) is 67.9. The molecule has 2 aromatic rings. The summed E-state index contributed by atoms with van der Waals surface area (Å²) in [6.07, 6.45) is 14.0. The van der Waals surface area contributed by atoms with Gasteiger partial charge in [0.2, 0.25) is 27.7 Å². The molecule has 15 heteroatoms. The maximum atomic E-state index is 14.7. The Morgan fingerprint density at radius 3 is 2.48 bits per heavy atom. The van der Waals surface area contributed by atoms with Gasteiger partial charge in [-0.05, 0) is 102 Å². The van der Waals surface area contributed by atoms with E-state index in [1.54, 1.807) is 6.92 Å². The second-order valence-corrected chi connectivity index (χ2v) is 19.3.